The van der Waals surface area contributed by atoms with E-state index in [1.54, 1.807) is 24.3 Å². The Balaban J connectivity index is 0.00000220. The molecule has 0 bridgehead atoms. The molecule has 0 saturated heterocycles. The van der Waals surface area contributed by atoms with E-state index in [1.807, 2.05) is 30.3 Å². The molecule has 0 unspecified atom stereocenters. The van der Waals surface area contributed by atoms with Gasteiger partial charge in [-0.1, -0.05) is 42.5 Å². The van der Waals surface area contributed by atoms with Gasteiger partial charge in [0.1, 0.15) is 12.4 Å². The molecule has 0 fully saturated rings. The summed E-state index contributed by atoms with van der Waals surface area (Å²) in [6, 6.07) is 17.0. The van der Waals surface area contributed by atoms with Gasteiger partial charge in [0.25, 0.3) is 10.1 Å². The van der Waals surface area contributed by atoms with Crippen molar-refractivity contribution in [3.8, 4) is 5.75 Å². The second-order valence-corrected chi connectivity index (χ2v) is 6.03. The minimum atomic E-state index is -3.91. The quantitative estimate of drug-likeness (QED) is 0.654. The summed E-state index contributed by atoms with van der Waals surface area (Å²) in [5.74, 6) is 0.460. The van der Waals surface area contributed by atoms with E-state index in [1.165, 1.54) is 0 Å². The Kier molecular flexibility index (Phi) is 7.42. The van der Waals surface area contributed by atoms with Crippen molar-refractivity contribution in [3.63, 3.8) is 0 Å². The molecule has 0 aliphatic rings. The van der Waals surface area contributed by atoms with Gasteiger partial charge >= 0.3 is 29.6 Å². The van der Waals surface area contributed by atoms with Crippen molar-refractivity contribution in [1.82, 2.24) is 0 Å². The monoisotopic (exact) mass is 316 g/mol. The first-order valence-electron chi connectivity index (χ1n) is 6.24. The number of hydrogen-bond donors (Lipinski definition) is 1. The maximum atomic E-state index is 10.7. The summed E-state index contributed by atoms with van der Waals surface area (Å²) in [5.41, 5.74) is 1.93. The molecule has 2 aromatic carbocycles. The van der Waals surface area contributed by atoms with Crippen LogP contribution in [0.15, 0.2) is 54.6 Å². The molecule has 6 heteroatoms. The molecule has 1 N–H and O–H groups in total. The van der Waals surface area contributed by atoms with E-state index in [0.717, 1.165) is 16.9 Å². The van der Waals surface area contributed by atoms with Gasteiger partial charge in [-0.3, -0.25) is 4.55 Å². The fourth-order valence-corrected chi connectivity index (χ4v) is 2.23. The van der Waals surface area contributed by atoms with E-state index >= 15 is 0 Å². The van der Waals surface area contributed by atoms with Gasteiger partial charge in [0.05, 0.1) is 5.75 Å². The molecule has 0 radical (unpaired) electrons. The van der Waals surface area contributed by atoms with Gasteiger partial charge in [-0.05, 0) is 29.7 Å². The average molecular weight is 316 g/mol. The first-order chi connectivity index (χ1) is 9.53. The third kappa shape index (κ3) is 7.11. The minimum absolute atomic E-state index is 0. The Morgan fingerprint density at radius 2 is 1.52 bits per heavy atom. The van der Waals surface area contributed by atoms with Crippen molar-refractivity contribution in [2.24, 2.45) is 0 Å². The zero-order chi connectivity index (χ0) is 14.4. The van der Waals surface area contributed by atoms with Crippen molar-refractivity contribution in [1.29, 1.82) is 0 Å². The summed E-state index contributed by atoms with van der Waals surface area (Å²) >= 11 is 0. The summed E-state index contributed by atoms with van der Waals surface area (Å²) in [7, 11) is -3.91. The second kappa shape index (κ2) is 8.56. The Morgan fingerprint density at radius 3 is 2.10 bits per heavy atom. The summed E-state index contributed by atoms with van der Waals surface area (Å²) in [4.78, 5) is 0. The molecular formula is C15H17NaO4S. The predicted molar refractivity (Wildman–Crippen MR) is 84.5 cm³/mol. The van der Waals surface area contributed by atoms with Crippen LogP contribution in [0.2, 0.25) is 0 Å². The van der Waals surface area contributed by atoms with Crippen LogP contribution in [-0.4, -0.2) is 48.3 Å². The average Bonchev–Trinajstić information content (AvgIpc) is 2.44. The molecule has 2 rings (SSSR count). The number of hydrogen-bond acceptors (Lipinski definition) is 3. The van der Waals surface area contributed by atoms with E-state index in [-0.39, 0.29) is 41.7 Å². The molecule has 4 nitrogen and oxygen atoms in total. The van der Waals surface area contributed by atoms with Gasteiger partial charge in [0.2, 0.25) is 0 Å². The third-order valence-electron chi connectivity index (χ3n) is 2.82. The molecule has 0 aliphatic carbocycles. The number of rotatable bonds is 6. The van der Waals surface area contributed by atoms with Gasteiger partial charge in [0.15, 0.2) is 0 Å². The molecular weight excluding hydrogens is 299 g/mol. The normalized spacial score (nSPS) is 10.7. The third-order valence-corrected chi connectivity index (χ3v) is 3.54. The molecule has 0 amide bonds. The van der Waals surface area contributed by atoms with Crippen LogP contribution in [0.4, 0.5) is 0 Å². The molecule has 0 heterocycles. The fourth-order valence-electron chi connectivity index (χ4n) is 1.74. The Hall–Kier alpha value is -0.850. The van der Waals surface area contributed by atoms with Crippen molar-refractivity contribution in [3.05, 3.63) is 65.7 Å². The molecule has 0 saturated carbocycles. The summed E-state index contributed by atoms with van der Waals surface area (Å²) in [6.07, 6.45) is 0.289. The van der Waals surface area contributed by atoms with Gasteiger partial charge in [-0.2, -0.15) is 8.42 Å². The first-order valence-corrected chi connectivity index (χ1v) is 7.85. The Bertz CT molecular complexity index is 639. The molecule has 0 atom stereocenters. The molecule has 0 aliphatic heterocycles. The SMILES string of the molecule is O=S(=O)(O)CCc1ccc(OCc2ccccc2)cc1.[NaH]. The van der Waals surface area contributed by atoms with Crippen LogP contribution in [0.5, 0.6) is 5.75 Å². The predicted octanol–water partition coefficient (Wildman–Crippen LogP) is 2.05. The maximum absolute atomic E-state index is 10.7. The van der Waals surface area contributed by atoms with Gasteiger partial charge in [-0.15, -0.1) is 0 Å². The summed E-state index contributed by atoms with van der Waals surface area (Å²) in [6.45, 7) is 0.491. The number of aryl methyl sites for hydroxylation is 1. The van der Waals surface area contributed by atoms with E-state index in [9.17, 15) is 8.42 Å². The van der Waals surface area contributed by atoms with Crippen molar-refractivity contribution >= 4 is 39.7 Å². The fraction of sp³-hybridized carbons (Fsp3) is 0.200. The van der Waals surface area contributed by atoms with Crippen molar-refractivity contribution in [2.45, 2.75) is 13.0 Å². The number of ether oxygens (including phenoxy) is 1. The molecule has 0 spiro atoms. The van der Waals surface area contributed by atoms with Crippen LogP contribution < -0.4 is 4.74 Å². The zero-order valence-electron chi connectivity index (χ0n) is 10.9. The van der Waals surface area contributed by atoms with Crippen LogP contribution >= 0.6 is 0 Å². The number of benzene rings is 2. The van der Waals surface area contributed by atoms with E-state index in [2.05, 4.69) is 0 Å². The van der Waals surface area contributed by atoms with Crippen LogP contribution in [0.1, 0.15) is 11.1 Å². The topological polar surface area (TPSA) is 63.6 Å². The summed E-state index contributed by atoms with van der Waals surface area (Å²) in [5, 5.41) is 0. The Labute approximate surface area is 147 Å². The second-order valence-electron chi connectivity index (χ2n) is 4.45. The molecule has 108 valence electrons. The first kappa shape index (κ1) is 18.2. The van der Waals surface area contributed by atoms with Gasteiger partial charge < -0.3 is 4.74 Å². The van der Waals surface area contributed by atoms with Crippen LogP contribution in [0.3, 0.4) is 0 Å². The van der Waals surface area contributed by atoms with Crippen LogP contribution in [0.25, 0.3) is 0 Å². The molecule has 2 aromatic rings. The molecule has 0 aromatic heterocycles. The van der Waals surface area contributed by atoms with E-state index in [0.29, 0.717) is 6.61 Å². The molecule has 21 heavy (non-hydrogen) atoms. The van der Waals surface area contributed by atoms with Crippen LogP contribution in [0, 0.1) is 0 Å². The zero-order valence-corrected chi connectivity index (χ0v) is 11.7. The van der Waals surface area contributed by atoms with Crippen LogP contribution in [-0.2, 0) is 23.1 Å². The van der Waals surface area contributed by atoms with Crippen molar-refractivity contribution in [2.75, 3.05) is 5.75 Å². The van der Waals surface area contributed by atoms with Gasteiger partial charge in [-0.25, -0.2) is 0 Å². The van der Waals surface area contributed by atoms with E-state index < -0.39 is 10.1 Å². The summed E-state index contributed by atoms with van der Waals surface area (Å²) < 4.78 is 35.6. The van der Waals surface area contributed by atoms with E-state index in [4.69, 9.17) is 9.29 Å². The van der Waals surface area contributed by atoms with Gasteiger partial charge in [0, 0.05) is 0 Å². The van der Waals surface area contributed by atoms with Crippen molar-refractivity contribution < 1.29 is 17.7 Å². The Morgan fingerprint density at radius 1 is 0.905 bits per heavy atom. The standard InChI is InChI=1S/C15H16O4S.Na.H/c16-20(17,18)11-10-13-6-8-15(9-7-13)19-12-14-4-2-1-3-5-14;;/h1-9H,10-12H2,(H,16,17,18);;.